The molecular formula is C19H14FNO3S. The summed E-state index contributed by atoms with van der Waals surface area (Å²) in [6.45, 7) is -0.00649. The Morgan fingerprint density at radius 3 is 2.52 bits per heavy atom. The van der Waals surface area contributed by atoms with Gasteiger partial charge in [-0.1, -0.05) is 18.2 Å². The number of nitrogens with one attached hydrogen (secondary N) is 1. The van der Waals surface area contributed by atoms with Gasteiger partial charge in [0.1, 0.15) is 12.4 Å². The van der Waals surface area contributed by atoms with Crippen LogP contribution in [0.15, 0.2) is 66.0 Å². The maximum atomic E-state index is 13.1. The van der Waals surface area contributed by atoms with E-state index in [-0.39, 0.29) is 18.3 Å². The van der Waals surface area contributed by atoms with Crippen molar-refractivity contribution in [2.75, 3.05) is 5.32 Å². The summed E-state index contributed by atoms with van der Waals surface area (Å²) in [5.41, 5.74) is 1.51. The molecule has 0 aliphatic rings. The number of carbonyl (C=O) groups excluding carboxylic acids is 2. The Hall–Kier alpha value is -2.99. The van der Waals surface area contributed by atoms with Gasteiger partial charge in [0, 0.05) is 5.69 Å². The van der Waals surface area contributed by atoms with Crippen LogP contribution in [0.25, 0.3) is 0 Å². The van der Waals surface area contributed by atoms with Gasteiger partial charge < -0.3 is 10.1 Å². The molecule has 0 aliphatic carbocycles. The molecule has 0 aliphatic heterocycles. The van der Waals surface area contributed by atoms with E-state index in [4.69, 9.17) is 4.74 Å². The Bertz CT molecular complexity index is 876. The smallest absolute Gasteiger partial charge is 0.338 e. The summed E-state index contributed by atoms with van der Waals surface area (Å²) in [6, 6.07) is 15.8. The minimum Gasteiger partial charge on any atom is -0.457 e. The largest absolute Gasteiger partial charge is 0.457 e. The minimum atomic E-state index is -0.514. The van der Waals surface area contributed by atoms with Gasteiger partial charge in [0.15, 0.2) is 0 Å². The Balaban J connectivity index is 1.58. The highest BCUT2D eigenvalue weighted by Crippen LogP contribution is 2.15. The molecule has 2 aromatic carbocycles. The fraction of sp³-hybridized carbons (Fsp3) is 0.0526. The first-order valence-electron chi connectivity index (χ1n) is 7.48. The average molecular weight is 355 g/mol. The number of carbonyl (C=O) groups is 2. The van der Waals surface area contributed by atoms with Crippen LogP contribution >= 0.6 is 11.3 Å². The van der Waals surface area contributed by atoms with Crippen LogP contribution in [-0.4, -0.2) is 11.9 Å². The Labute approximate surface area is 147 Å². The van der Waals surface area contributed by atoms with Crippen molar-refractivity contribution in [1.82, 2.24) is 0 Å². The predicted octanol–water partition coefficient (Wildman–Crippen LogP) is 4.50. The van der Waals surface area contributed by atoms with Crippen molar-refractivity contribution in [2.24, 2.45) is 0 Å². The number of rotatable bonds is 5. The van der Waals surface area contributed by atoms with Crippen LogP contribution in [0.1, 0.15) is 25.6 Å². The first kappa shape index (κ1) is 16.9. The van der Waals surface area contributed by atoms with Crippen molar-refractivity contribution in [1.29, 1.82) is 0 Å². The van der Waals surface area contributed by atoms with Gasteiger partial charge in [0.05, 0.1) is 10.4 Å². The average Bonchev–Trinajstić information content (AvgIpc) is 3.15. The van der Waals surface area contributed by atoms with Crippen LogP contribution in [0.5, 0.6) is 0 Å². The highest BCUT2D eigenvalue weighted by atomic mass is 32.1. The molecule has 0 fully saturated rings. The maximum Gasteiger partial charge on any atom is 0.338 e. The normalized spacial score (nSPS) is 10.3. The monoisotopic (exact) mass is 355 g/mol. The molecule has 6 heteroatoms. The number of esters is 1. The van der Waals surface area contributed by atoms with Crippen molar-refractivity contribution >= 4 is 28.9 Å². The predicted molar refractivity (Wildman–Crippen MR) is 94.2 cm³/mol. The maximum absolute atomic E-state index is 13.1. The minimum absolute atomic E-state index is 0.00649. The lowest BCUT2D eigenvalue weighted by Gasteiger charge is -2.07. The highest BCUT2D eigenvalue weighted by Gasteiger charge is 2.10. The van der Waals surface area contributed by atoms with Gasteiger partial charge in [0.25, 0.3) is 5.91 Å². The van der Waals surface area contributed by atoms with Gasteiger partial charge in [-0.3, -0.25) is 4.79 Å². The number of thiophene rings is 1. The van der Waals surface area contributed by atoms with E-state index in [1.54, 1.807) is 48.5 Å². The summed E-state index contributed by atoms with van der Waals surface area (Å²) in [4.78, 5) is 24.6. The molecule has 1 aromatic heterocycles. The van der Waals surface area contributed by atoms with Crippen LogP contribution in [0.4, 0.5) is 10.1 Å². The van der Waals surface area contributed by atoms with Gasteiger partial charge in [0.2, 0.25) is 0 Å². The number of halogens is 1. The van der Waals surface area contributed by atoms with Gasteiger partial charge in [-0.15, -0.1) is 11.3 Å². The van der Waals surface area contributed by atoms with Crippen molar-refractivity contribution in [3.05, 3.63) is 87.9 Å². The van der Waals surface area contributed by atoms with E-state index in [9.17, 15) is 14.0 Å². The van der Waals surface area contributed by atoms with E-state index in [0.717, 1.165) is 0 Å². The van der Waals surface area contributed by atoms with E-state index in [1.807, 2.05) is 5.38 Å². The lowest BCUT2D eigenvalue weighted by atomic mass is 10.2. The molecule has 0 radical (unpaired) electrons. The summed E-state index contributed by atoms with van der Waals surface area (Å²) < 4.78 is 18.2. The molecule has 126 valence electrons. The van der Waals surface area contributed by atoms with Gasteiger partial charge in [-0.05, 0) is 53.4 Å². The molecule has 0 saturated heterocycles. The van der Waals surface area contributed by atoms with E-state index < -0.39 is 5.97 Å². The molecule has 0 bridgehead atoms. The van der Waals surface area contributed by atoms with E-state index >= 15 is 0 Å². The van der Waals surface area contributed by atoms with Crippen molar-refractivity contribution in [3.8, 4) is 0 Å². The Morgan fingerprint density at radius 1 is 1.04 bits per heavy atom. The first-order chi connectivity index (χ1) is 12.1. The Morgan fingerprint density at radius 2 is 1.84 bits per heavy atom. The van der Waals surface area contributed by atoms with Gasteiger partial charge in [-0.2, -0.15) is 0 Å². The fourth-order valence-corrected chi connectivity index (χ4v) is 2.77. The Kier molecular flexibility index (Phi) is 5.20. The molecule has 0 saturated carbocycles. The van der Waals surface area contributed by atoms with Crippen LogP contribution < -0.4 is 5.32 Å². The SMILES string of the molecule is O=C(OCc1cccc(F)c1)c1ccc(NC(=O)c2cccs2)cc1. The molecule has 1 amide bonds. The molecule has 3 aromatic rings. The van der Waals surface area contributed by atoms with Crippen molar-refractivity contribution in [2.45, 2.75) is 6.61 Å². The summed E-state index contributed by atoms with van der Waals surface area (Å²) in [7, 11) is 0. The highest BCUT2D eigenvalue weighted by molar-refractivity contribution is 7.12. The number of anilines is 1. The summed E-state index contributed by atoms with van der Waals surface area (Å²) >= 11 is 1.35. The quantitative estimate of drug-likeness (QED) is 0.686. The molecule has 25 heavy (non-hydrogen) atoms. The van der Waals surface area contributed by atoms with E-state index in [2.05, 4.69) is 5.32 Å². The zero-order valence-corrected chi connectivity index (χ0v) is 13.9. The van der Waals surface area contributed by atoms with E-state index in [1.165, 1.54) is 23.5 Å². The molecule has 0 spiro atoms. The van der Waals surface area contributed by atoms with Crippen molar-refractivity contribution in [3.63, 3.8) is 0 Å². The van der Waals surface area contributed by atoms with Crippen molar-refractivity contribution < 1.29 is 18.7 Å². The number of benzene rings is 2. The second kappa shape index (κ2) is 7.72. The molecule has 1 heterocycles. The van der Waals surface area contributed by atoms with E-state index in [0.29, 0.717) is 21.7 Å². The standard InChI is InChI=1S/C19H14FNO3S/c20-15-4-1-3-13(11-15)12-24-19(23)14-6-8-16(9-7-14)21-18(22)17-5-2-10-25-17/h1-11H,12H2,(H,21,22). The third-order valence-electron chi connectivity index (χ3n) is 3.38. The van der Waals surface area contributed by atoms with Gasteiger partial charge >= 0.3 is 5.97 Å². The molecule has 4 nitrogen and oxygen atoms in total. The van der Waals surface area contributed by atoms with Crippen LogP contribution in [0.3, 0.4) is 0 Å². The lowest BCUT2D eigenvalue weighted by molar-refractivity contribution is 0.0472. The molecule has 0 atom stereocenters. The fourth-order valence-electron chi connectivity index (χ4n) is 2.15. The second-order valence-corrected chi connectivity index (χ2v) is 6.16. The lowest BCUT2D eigenvalue weighted by Crippen LogP contribution is -2.10. The number of amides is 1. The number of hydrogen-bond acceptors (Lipinski definition) is 4. The summed E-state index contributed by atoms with van der Waals surface area (Å²) in [5, 5.41) is 4.58. The summed E-state index contributed by atoms with van der Waals surface area (Å²) in [5.74, 6) is -1.09. The third-order valence-corrected chi connectivity index (χ3v) is 4.25. The molecular weight excluding hydrogens is 341 g/mol. The topological polar surface area (TPSA) is 55.4 Å². The van der Waals surface area contributed by atoms with Crippen LogP contribution in [-0.2, 0) is 11.3 Å². The number of ether oxygens (including phenoxy) is 1. The second-order valence-electron chi connectivity index (χ2n) is 5.21. The van der Waals surface area contributed by atoms with Crippen LogP contribution in [0, 0.1) is 5.82 Å². The summed E-state index contributed by atoms with van der Waals surface area (Å²) in [6.07, 6.45) is 0. The third kappa shape index (κ3) is 4.51. The zero-order valence-electron chi connectivity index (χ0n) is 13.1. The van der Waals surface area contributed by atoms with Gasteiger partial charge in [-0.25, -0.2) is 9.18 Å². The first-order valence-corrected chi connectivity index (χ1v) is 8.36. The number of hydrogen-bond donors (Lipinski definition) is 1. The van der Waals surface area contributed by atoms with Crippen LogP contribution in [0.2, 0.25) is 0 Å². The zero-order chi connectivity index (χ0) is 17.6. The molecule has 1 N–H and O–H groups in total. The molecule has 3 rings (SSSR count). The molecule has 0 unspecified atom stereocenters.